The van der Waals surface area contributed by atoms with Crippen LogP contribution in [0.3, 0.4) is 0 Å². The minimum Gasteiger partial charge on any atom is -0.461 e. The normalized spacial score (nSPS) is 12.6. The molecule has 32 heavy (non-hydrogen) atoms. The number of aromatic nitrogens is 2. The van der Waals surface area contributed by atoms with Gasteiger partial charge in [0.1, 0.15) is 14.4 Å². The molecule has 0 saturated carbocycles. The summed E-state index contributed by atoms with van der Waals surface area (Å²) in [6.07, 6.45) is 1.65. The topological polar surface area (TPSA) is 56.5 Å². The van der Waals surface area contributed by atoms with E-state index in [1.165, 1.54) is 0 Å². The number of nitrogens with zero attached hydrogens (tertiary/aromatic N) is 3. The summed E-state index contributed by atoms with van der Waals surface area (Å²) in [6.45, 7) is 8.99. The molecule has 0 bridgehead atoms. The quantitative estimate of drug-likeness (QED) is 0.303. The summed E-state index contributed by atoms with van der Waals surface area (Å²) in [5.74, 6) is 2.88. The number of halogens is 1. The summed E-state index contributed by atoms with van der Waals surface area (Å²) in [5.41, 5.74) is 8.68. The summed E-state index contributed by atoms with van der Waals surface area (Å²) >= 11 is 6.55. The van der Waals surface area contributed by atoms with Gasteiger partial charge in [0.15, 0.2) is 5.69 Å². The van der Waals surface area contributed by atoms with Gasteiger partial charge in [-0.3, -0.25) is 9.56 Å². The average molecular weight is 462 g/mol. The molecule has 0 saturated heterocycles. The molecule has 3 aromatic rings. The van der Waals surface area contributed by atoms with Gasteiger partial charge in [-0.1, -0.05) is 55.4 Å². The largest absolute Gasteiger partial charge is 0.461 e. The highest BCUT2D eigenvalue weighted by atomic mass is 35.5. The number of benzene rings is 2. The first-order chi connectivity index (χ1) is 15.3. The molecule has 0 N–H and O–H groups in total. The Morgan fingerprint density at radius 1 is 1.19 bits per heavy atom. The molecule has 162 valence electrons. The molecular weight excluding hydrogens is 438 g/mol. The molecule has 1 aromatic heterocycles. The molecule has 5 nitrogen and oxygen atoms in total. The predicted octanol–water partition coefficient (Wildman–Crippen LogP) is 5.28. The lowest BCUT2D eigenvalue weighted by atomic mass is 9.98. The molecule has 0 unspecified atom stereocenters. The van der Waals surface area contributed by atoms with Gasteiger partial charge >= 0.3 is 5.97 Å². The zero-order valence-corrected chi connectivity index (χ0v) is 20.3. The zero-order valence-electron chi connectivity index (χ0n) is 18.6. The van der Waals surface area contributed by atoms with Crippen LogP contribution in [0.15, 0.2) is 53.8 Å². The molecule has 2 heterocycles. The molecular formula is C25H24ClN3O2Si. The number of fused-ring (bicyclic) bond motifs is 3. The fourth-order valence-electron chi connectivity index (χ4n) is 3.50. The Kier molecular flexibility index (Phi) is 6.05. The van der Waals surface area contributed by atoms with Crippen molar-refractivity contribution < 1.29 is 9.53 Å². The van der Waals surface area contributed by atoms with Crippen molar-refractivity contribution in [2.24, 2.45) is 4.99 Å². The summed E-state index contributed by atoms with van der Waals surface area (Å²) < 4.78 is 7.10. The van der Waals surface area contributed by atoms with Crippen molar-refractivity contribution in [2.45, 2.75) is 33.1 Å². The minimum atomic E-state index is -1.53. The number of hydrogen-bond donors (Lipinski definition) is 0. The van der Waals surface area contributed by atoms with E-state index in [2.05, 4.69) is 36.1 Å². The van der Waals surface area contributed by atoms with E-state index in [0.717, 1.165) is 28.1 Å². The van der Waals surface area contributed by atoms with Crippen molar-refractivity contribution >= 4 is 31.4 Å². The lowest BCUT2D eigenvalue weighted by Crippen LogP contribution is -2.16. The fourth-order valence-corrected chi connectivity index (χ4v) is 4.24. The van der Waals surface area contributed by atoms with E-state index in [1.807, 2.05) is 47.0 Å². The molecule has 0 radical (unpaired) electrons. The highest BCUT2D eigenvalue weighted by Gasteiger charge is 2.26. The maximum atomic E-state index is 12.5. The number of carbonyl (C=O) groups is 1. The number of aliphatic imine (C=N–C) groups is 1. The Morgan fingerprint density at radius 2 is 1.97 bits per heavy atom. The summed E-state index contributed by atoms with van der Waals surface area (Å²) in [5, 5.41) is 0.617. The fraction of sp³-hybridized carbons (Fsp3) is 0.240. The van der Waals surface area contributed by atoms with Crippen LogP contribution in [-0.2, 0) is 11.3 Å². The van der Waals surface area contributed by atoms with Crippen LogP contribution < -0.4 is 0 Å². The molecule has 2 aromatic carbocycles. The van der Waals surface area contributed by atoms with Crippen molar-refractivity contribution in [1.82, 2.24) is 9.55 Å². The molecule has 4 rings (SSSR count). The monoisotopic (exact) mass is 461 g/mol. The SMILES string of the molecule is CCOC(=O)c1ncn2c1CN=C(c1ccccc1Cl)c1cc(C#C[Si](C)(C)C)ccc1-2. The van der Waals surface area contributed by atoms with Gasteiger partial charge in [0.2, 0.25) is 0 Å². The van der Waals surface area contributed by atoms with E-state index in [4.69, 9.17) is 21.3 Å². The van der Waals surface area contributed by atoms with Crippen LogP contribution in [0.1, 0.15) is 39.8 Å². The smallest absolute Gasteiger partial charge is 0.358 e. The van der Waals surface area contributed by atoms with Crippen molar-refractivity contribution in [1.29, 1.82) is 0 Å². The Hall–Kier alpha value is -3.14. The molecule has 0 fully saturated rings. The summed E-state index contributed by atoms with van der Waals surface area (Å²) in [4.78, 5) is 21.7. The second-order valence-electron chi connectivity index (χ2n) is 8.51. The van der Waals surface area contributed by atoms with Crippen LogP contribution in [0.2, 0.25) is 24.7 Å². The van der Waals surface area contributed by atoms with Gasteiger partial charge in [-0.05, 0) is 31.2 Å². The molecule has 0 aliphatic carbocycles. The number of rotatable bonds is 3. The lowest BCUT2D eigenvalue weighted by Gasteiger charge is -2.13. The maximum Gasteiger partial charge on any atom is 0.358 e. The van der Waals surface area contributed by atoms with Gasteiger partial charge in [0.05, 0.1) is 30.2 Å². The predicted molar refractivity (Wildman–Crippen MR) is 131 cm³/mol. The van der Waals surface area contributed by atoms with Gasteiger partial charge in [-0.25, -0.2) is 9.78 Å². The molecule has 7 heteroatoms. The van der Waals surface area contributed by atoms with Crippen molar-refractivity contribution in [3.63, 3.8) is 0 Å². The number of imidazole rings is 1. The van der Waals surface area contributed by atoms with Gasteiger partial charge in [-0.2, -0.15) is 0 Å². The highest BCUT2D eigenvalue weighted by Crippen LogP contribution is 2.30. The molecule has 0 atom stereocenters. The second kappa shape index (κ2) is 8.77. The van der Waals surface area contributed by atoms with Gasteiger partial charge in [0.25, 0.3) is 0 Å². The Labute approximate surface area is 194 Å². The van der Waals surface area contributed by atoms with Crippen molar-refractivity contribution in [3.05, 3.63) is 81.9 Å². The average Bonchev–Trinajstić information content (AvgIpc) is 3.10. The minimum absolute atomic E-state index is 0.277. The first kappa shape index (κ1) is 22.1. The third kappa shape index (κ3) is 4.40. The molecule has 0 amide bonds. The van der Waals surface area contributed by atoms with Gasteiger partial charge in [-0.15, -0.1) is 5.54 Å². The third-order valence-corrected chi connectivity index (χ3v) is 6.15. The number of carbonyl (C=O) groups excluding carboxylic acids is 1. The summed E-state index contributed by atoms with van der Waals surface area (Å²) in [7, 11) is -1.53. The Bertz CT molecular complexity index is 1290. The van der Waals surface area contributed by atoms with Crippen molar-refractivity contribution in [3.8, 4) is 17.2 Å². The van der Waals surface area contributed by atoms with Gasteiger partial charge in [0, 0.05) is 21.7 Å². The first-order valence-electron chi connectivity index (χ1n) is 10.5. The van der Waals surface area contributed by atoms with Crippen LogP contribution in [0.4, 0.5) is 0 Å². The zero-order chi connectivity index (χ0) is 22.9. The van der Waals surface area contributed by atoms with Crippen molar-refractivity contribution in [2.75, 3.05) is 6.61 Å². The third-order valence-electron chi connectivity index (χ3n) is 4.94. The van der Waals surface area contributed by atoms with Crippen LogP contribution in [0.25, 0.3) is 5.69 Å². The van der Waals surface area contributed by atoms with Gasteiger partial charge < -0.3 is 4.74 Å². The maximum absolute atomic E-state index is 12.5. The van der Waals surface area contributed by atoms with Crippen LogP contribution in [0, 0.1) is 11.5 Å². The lowest BCUT2D eigenvalue weighted by molar-refractivity contribution is 0.0518. The summed E-state index contributed by atoms with van der Waals surface area (Å²) in [6, 6.07) is 13.7. The Balaban J connectivity index is 1.93. The highest BCUT2D eigenvalue weighted by molar-refractivity contribution is 6.83. The van der Waals surface area contributed by atoms with E-state index in [9.17, 15) is 4.79 Å². The van der Waals surface area contributed by atoms with E-state index in [-0.39, 0.29) is 18.8 Å². The second-order valence-corrected chi connectivity index (χ2v) is 13.7. The number of esters is 1. The van der Waals surface area contributed by atoms with E-state index < -0.39 is 14.0 Å². The van der Waals surface area contributed by atoms with E-state index in [0.29, 0.717) is 10.7 Å². The first-order valence-corrected chi connectivity index (χ1v) is 14.4. The number of ether oxygens (including phenoxy) is 1. The Morgan fingerprint density at radius 3 is 2.69 bits per heavy atom. The van der Waals surface area contributed by atoms with Crippen LogP contribution in [0.5, 0.6) is 0 Å². The molecule has 1 aliphatic rings. The standard InChI is InChI=1S/C25H24ClN3O2Si/c1-5-31-25(30)24-22-15-27-23(18-8-6-7-9-20(18)26)19-14-17(12-13-32(2,3)4)10-11-21(19)29(22)16-28-24/h6-11,14,16H,5,15H2,1-4H3. The molecule has 0 spiro atoms. The van der Waals surface area contributed by atoms with E-state index >= 15 is 0 Å². The van der Waals surface area contributed by atoms with E-state index in [1.54, 1.807) is 13.3 Å². The number of hydrogen-bond acceptors (Lipinski definition) is 4. The van der Waals surface area contributed by atoms with Crippen LogP contribution in [-0.4, -0.2) is 35.9 Å². The molecule has 1 aliphatic heterocycles. The van der Waals surface area contributed by atoms with Crippen LogP contribution >= 0.6 is 11.6 Å².